The fourth-order valence-electron chi connectivity index (χ4n) is 3.71. The summed E-state index contributed by atoms with van der Waals surface area (Å²) in [5.41, 5.74) is -0.378. The molecule has 4 aromatic rings. The minimum absolute atomic E-state index is 0.0931. The first-order chi connectivity index (χ1) is 19.6. The van der Waals surface area contributed by atoms with E-state index < -0.39 is 45.0 Å². The maximum atomic E-state index is 13.8. The summed E-state index contributed by atoms with van der Waals surface area (Å²) in [6, 6.07) is 12.8. The molecule has 10 nitrogen and oxygen atoms in total. The first-order valence-electron chi connectivity index (χ1n) is 12.3. The van der Waals surface area contributed by atoms with Crippen LogP contribution in [-0.2, 0) is 31.4 Å². The van der Waals surface area contributed by atoms with Crippen molar-refractivity contribution in [2.45, 2.75) is 42.8 Å². The molecule has 2 aromatic heterocycles. The Morgan fingerprint density at radius 2 is 1.69 bits per heavy atom. The van der Waals surface area contributed by atoms with Gasteiger partial charge in [-0.2, -0.15) is 13.2 Å². The molecule has 42 heavy (non-hydrogen) atoms. The van der Waals surface area contributed by atoms with Gasteiger partial charge < -0.3 is 14.6 Å². The number of hydrogen-bond acceptors (Lipinski definition) is 8. The first kappa shape index (κ1) is 31.0. The molecule has 1 unspecified atom stereocenters. The molecule has 0 aliphatic carbocycles. The van der Waals surface area contributed by atoms with Crippen LogP contribution in [0.5, 0.6) is 11.5 Å². The van der Waals surface area contributed by atoms with E-state index in [-0.39, 0.29) is 56.2 Å². The minimum atomic E-state index is -4.56. The van der Waals surface area contributed by atoms with Crippen molar-refractivity contribution in [2.75, 3.05) is 13.2 Å². The van der Waals surface area contributed by atoms with E-state index in [0.717, 1.165) is 3.97 Å². The summed E-state index contributed by atoms with van der Waals surface area (Å²) in [5, 5.41) is 8.96. The lowest BCUT2D eigenvalue weighted by Gasteiger charge is -2.19. The van der Waals surface area contributed by atoms with Crippen molar-refractivity contribution in [3.8, 4) is 11.5 Å². The van der Waals surface area contributed by atoms with Gasteiger partial charge in [0.05, 0.1) is 43.6 Å². The van der Waals surface area contributed by atoms with Crippen molar-refractivity contribution in [3.63, 3.8) is 0 Å². The third-order valence-corrected chi connectivity index (χ3v) is 9.20. The summed E-state index contributed by atoms with van der Waals surface area (Å²) in [6.45, 7) is 2.77. The van der Waals surface area contributed by atoms with Crippen molar-refractivity contribution < 1.29 is 45.2 Å². The average Bonchev–Trinajstić information content (AvgIpc) is 3.33. The van der Waals surface area contributed by atoms with Gasteiger partial charge in [0.25, 0.3) is 10.0 Å². The van der Waals surface area contributed by atoms with Crippen LogP contribution >= 0.6 is 0 Å². The number of aliphatic carboxylic acids is 1. The number of aromatic nitrogens is 3. The summed E-state index contributed by atoms with van der Waals surface area (Å²) < 4.78 is 90.4. The molecule has 0 saturated heterocycles. The van der Waals surface area contributed by atoms with E-state index in [0.29, 0.717) is 0 Å². The number of halogens is 3. The molecule has 2 aromatic carbocycles. The Kier molecular flexibility index (Phi) is 8.64. The van der Waals surface area contributed by atoms with E-state index in [2.05, 4.69) is 9.97 Å². The number of para-hydroxylation sites is 2. The number of carboxylic acids is 1. The highest BCUT2D eigenvalue weighted by Gasteiger charge is 2.31. The standard InChI is InChI=1S/C27H26F3N3O7S2/c1-17-21(31-13-12-23(17)40-16-27(28,29)30)14-41(36)25-32-20-6-4-5-7-22(20)33(25)42(37,38)19-10-8-18(9-11-19)39-15-26(2,3)24(34)35/h4-13H,14-16H2,1-3H3,(H,34,35). The van der Waals surface area contributed by atoms with Gasteiger partial charge in [0.2, 0.25) is 5.16 Å². The Hall–Kier alpha value is -3.98. The van der Waals surface area contributed by atoms with Gasteiger partial charge in [0.15, 0.2) is 6.61 Å². The van der Waals surface area contributed by atoms with Crippen molar-refractivity contribution in [1.29, 1.82) is 0 Å². The Morgan fingerprint density at radius 1 is 1.02 bits per heavy atom. The van der Waals surface area contributed by atoms with Gasteiger partial charge in [-0.05, 0) is 63.2 Å². The number of carbonyl (C=O) groups is 1. The Balaban J connectivity index is 1.67. The largest absolute Gasteiger partial charge is 0.492 e. The highest BCUT2D eigenvalue weighted by Crippen LogP contribution is 2.29. The number of pyridine rings is 1. The molecule has 0 aliphatic heterocycles. The number of imidazole rings is 1. The summed E-state index contributed by atoms with van der Waals surface area (Å²) in [4.78, 5) is 19.6. The number of hydrogen-bond donors (Lipinski definition) is 1. The van der Waals surface area contributed by atoms with Crippen LogP contribution in [0.15, 0.2) is 70.8 Å². The normalized spacial score (nSPS) is 13.2. The maximum absolute atomic E-state index is 13.8. The smallest absolute Gasteiger partial charge is 0.422 e. The summed E-state index contributed by atoms with van der Waals surface area (Å²) in [7, 11) is -6.47. The molecule has 0 saturated carbocycles. The molecule has 1 atom stereocenters. The lowest BCUT2D eigenvalue weighted by atomic mass is 9.95. The molecule has 0 radical (unpaired) electrons. The van der Waals surface area contributed by atoms with E-state index in [1.807, 2.05) is 0 Å². The van der Waals surface area contributed by atoms with E-state index >= 15 is 0 Å². The number of fused-ring (bicyclic) bond motifs is 1. The Labute approximate surface area is 241 Å². The van der Waals surface area contributed by atoms with Crippen molar-refractivity contribution in [1.82, 2.24) is 13.9 Å². The molecule has 4 rings (SSSR count). The highest BCUT2D eigenvalue weighted by molar-refractivity contribution is 7.91. The third-order valence-electron chi connectivity index (χ3n) is 6.15. The predicted molar refractivity (Wildman–Crippen MR) is 146 cm³/mol. The second kappa shape index (κ2) is 11.7. The van der Waals surface area contributed by atoms with Crippen LogP contribution in [0.2, 0.25) is 0 Å². The van der Waals surface area contributed by atoms with E-state index in [1.165, 1.54) is 63.4 Å². The van der Waals surface area contributed by atoms with Gasteiger partial charge in [0, 0.05) is 11.8 Å². The molecule has 1 N–H and O–H groups in total. The van der Waals surface area contributed by atoms with E-state index in [9.17, 15) is 35.7 Å². The fourth-order valence-corrected chi connectivity index (χ4v) is 6.75. The maximum Gasteiger partial charge on any atom is 0.422 e. The first-order valence-corrected chi connectivity index (χ1v) is 15.1. The summed E-state index contributed by atoms with van der Waals surface area (Å²) in [6.07, 6.45) is -3.34. The molecule has 2 heterocycles. The van der Waals surface area contributed by atoms with E-state index in [1.54, 1.807) is 18.2 Å². The quantitative estimate of drug-likeness (QED) is 0.251. The Morgan fingerprint density at radius 3 is 2.33 bits per heavy atom. The van der Waals surface area contributed by atoms with Gasteiger partial charge in [-0.1, -0.05) is 12.1 Å². The number of carboxylic acid groups (broad SMARTS) is 1. The molecule has 0 fully saturated rings. The van der Waals surface area contributed by atoms with Gasteiger partial charge in [-0.15, -0.1) is 0 Å². The zero-order valence-corrected chi connectivity index (χ0v) is 24.2. The average molecular weight is 626 g/mol. The third kappa shape index (κ3) is 6.73. The van der Waals surface area contributed by atoms with Gasteiger partial charge in [-0.25, -0.2) is 17.4 Å². The SMILES string of the molecule is Cc1c(OCC(F)(F)F)ccnc1CS(=O)c1nc2ccccc2n1S(=O)(=O)c1ccc(OCC(C)(C)C(=O)O)cc1. The summed E-state index contributed by atoms with van der Waals surface area (Å²) >= 11 is 0. The van der Waals surface area contributed by atoms with Crippen molar-refractivity contribution >= 4 is 37.8 Å². The number of rotatable bonds is 11. The van der Waals surface area contributed by atoms with Crippen LogP contribution in [0.25, 0.3) is 11.0 Å². The monoisotopic (exact) mass is 625 g/mol. The zero-order valence-electron chi connectivity index (χ0n) is 22.6. The van der Waals surface area contributed by atoms with Crippen LogP contribution < -0.4 is 9.47 Å². The van der Waals surface area contributed by atoms with Crippen LogP contribution in [0.1, 0.15) is 25.1 Å². The molecule has 0 amide bonds. The minimum Gasteiger partial charge on any atom is -0.492 e. The second-order valence-electron chi connectivity index (χ2n) is 9.88. The van der Waals surface area contributed by atoms with Gasteiger partial charge >= 0.3 is 12.1 Å². The topological polar surface area (TPSA) is 138 Å². The van der Waals surface area contributed by atoms with Crippen molar-refractivity contribution in [2.24, 2.45) is 5.41 Å². The lowest BCUT2D eigenvalue weighted by Crippen LogP contribution is -2.30. The van der Waals surface area contributed by atoms with Crippen LogP contribution in [-0.4, -0.2) is 57.0 Å². The van der Waals surface area contributed by atoms with Crippen LogP contribution in [0.3, 0.4) is 0 Å². The van der Waals surface area contributed by atoms with Crippen LogP contribution in [0, 0.1) is 12.3 Å². The lowest BCUT2D eigenvalue weighted by molar-refractivity contribution is -0.153. The molecule has 0 aliphatic rings. The Bertz CT molecular complexity index is 1750. The molecule has 0 spiro atoms. The molecule has 15 heteroatoms. The zero-order chi connectivity index (χ0) is 30.9. The van der Waals surface area contributed by atoms with E-state index in [4.69, 9.17) is 9.47 Å². The number of nitrogens with zero attached hydrogens (tertiary/aromatic N) is 3. The molecule has 0 bridgehead atoms. The fraction of sp³-hybridized carbons (Fsp3) is 0.296. The van der Waals surface area contributed by atoms with Gasteiger partial charge in [-0.3, -0.25) is 14.0 Å². The molecular formula is C27H26F3N3O7S2. The molecule has 224 valence electrons. The van der Waals surface area contributed by atoms with Crippen molar-refractivity contribution in [3.05, 3.63) is 72.1 Å². The number of alkyl halides is 3. The number of benzene rings is 2. The van der Waals surface area contributed by atoms with Crippen LogP contribution in [0.4, 0.5) is 13.2 Å². The number of ether oxygens (including phenoxy) is 2. The predicted octanol–water partition coefficient (Wildman–Crippen LogP) is 4.72. The molecular weight excluding hydrogens is 599 g/mol. The second-order valence-corrected chi connectivity index (χ2v) is 13.0. The van der Waals surface area contributed by atoms with Gasteiger partial charge in [0.1, 0.15) is 18.1 Å². The summed E-state index contributed by atoms with van der Waals surface area (Å²) in [5.74, 6) is -1.25. The highest BCUT2D eigenvalue weighted by atomic mass is 32.2.